The van der Waals surface area contributed by atoms with E-state index in [1.54, 1.807) is 0 Å². The highest BCUT2D eigenvalue weighted by Gasteiger charge is 2.13. The largest absolute Gasteiger partial charge is 0.265 e. The maximum Gasteiger partial charge on any atom is 0.265 e. The summed E-state index contributed by atoms with van der Waals surface area (Å²) in [5, 5.41) is 6.53. The van der Waals surface area contributed by atoms with Gasteiger partial charge in [0.05, 0.1) is 14.1 Å². The molecule has 0 fully saturated rings. The Balaban J connectivity index is 2.40. The van der Waals surface area contributed by atoms with Gasteiger partial charge in [0.15, 0.2) is 0 Å². The summed E-state index contributed by atoms with van der Waals surface area (Å²) in [5.74, 6) is 0. The molecule has 0 heterocycles. The standard InChI is InChI=1S/C14H16N3/c1-16(2)17(14-11-7-4-8-12-14)15-13-9-5-3-6-10-13/h3-12H,1-2H3/q+1. The second-order valence-corrected chi connectivity index (χ2v) is 3.91. The molecule has 0 amide bonds. The molecule has 0 radical (unpaired) electrons. The van der Waals surface area contributed by atoms with Crippen LogP contribution in [0.5, 0.6) is 0 Å². The lowest BCUT2D eigenvalue weighted by atomic mass is 10.3. The minimum absolute atomic E-state index is 0.935. The Morgan fingerprint density at radius 2 is 1.35 bits per heavy atom. The van der Waals surface area contributed by atoms with E-state index in [1.165, 1.54) is 0 Å². The summed E-state index contributed by atoms with van der Waals surface area (Å²) in [6.07, 6.45) is 0. The van der Waals surface area contributed by atoms with Gasteiger partial charge in [-0.05, 0) is 12.1 Å². The van der Waals surface area contributed by atoms with E-state index in [4.69, 9.17) is 0 Å². The molecule has 0 aliphatic rings. The third-order valence-corrected chi connectivity index (χ3v) is 2.33. The van der Waals surface area contributed by atoms with Gasteiger partial charge in [-0.15, -0.1) is 0 Å². The van der Waals surface area contributed by atoms with Crippen molar-refractivity contribution in [3.63, 3.8) is 0 Å². The first kappa shape index (κ1) is 11.3. The fourth-order valence-corrected chi connectivity index (χ4v) is 1.54. The van der Waals surface area contributed by atoms with Crippen LogP contribution in [0, 0.1) is 0 Å². The third kappa shape index (κ3) is 2.91. The van der Waals surface area contributed by atoms with Gasteiger partial charge in [-0.1, -0.05) is 36.4 Å². The lowest BCUT2D eigenvalue weighted by Gasteiger charge is -2.06. The summed E-state index contributed by atoms with van der Waals surface area (Å²) in [5.41, 5.74) is 1.98. The summed E-state index contributed by atoms with van der Waals surface area (Å²) in [4.78, 5) is 1.87. The van der Waals surface area contributed by atoms with Crippen molar-refractivity contribution >= 4 is 11.4 Å². The molecule has 0 spiro atoms. The van der Waals surface area contributed by atoms with Crippen LogP contribution in [0.4, 0.5) is 11.4 Å². The van der Waals surface area contributed by atoms with E-state index in [0.29, 0.717) is 0 Å². The summed E-state index contributed by atoms with van der Waals surface area (Å²) >= 11 is 0. The van der Waals surface area contributed by atoms with E-state index in [-0.39, 0.29) is 0 Å². The van der Waals surface area contributed by atoms with Crippen molar-refractivity contribution in [2.24, 2.45) is 5.11 Å². The zero-order valence-electron chi connectivity index (χ0n) is 10.1. The topological polar surface area (TPSA) is 18.6 Å². The number of para-hydroxylation sites is 1. The minimum Gasteiger partial charge on any atom is -0.162 e. The summed E-state index contributed by atoms with van der Waals surface area (Å²) in [6, 6.07) is 20.0. The molecular weight excluding hydrogens is 210 g/mol. The SMILES string of the molecule is CN(C)[N+](=Nc1ccccc1)c1ccccc1. The number of hydrogen-bond acceptors (Lipinski definition) is 1. The van der Waals surface area contributed by atoms with Crippen LogP contribution < -0.4 is 0 Å². The molecule has 0 aromatic heterocycles. The van der Waals surface area contributed by atoms with Gasteiger partial charge < -0.3 is 0 Å². The number of hydrazine groups is 1. The Labute approximate surface area is 102 Å². The van der Waals surface area contributed by atoms with E-state index >= 15 is 0 Å². The molecule has 17 heavy (non-hydrogen) atoms. The summed E-state index contributed by atoms with van der Waals surface area (Å²) < 4.78 is 0. The van der Waals surface area contributed by atoms with Gasteiger partial charge in [-0.2, -0.15) is 5.01 Å². The van der Waals surface area contributed by atoms with Crippen LogP contribution in [0.1, 0.15) is 0 Å². The zero-order chi connectivity index (χ0) is 12.1. The Morgan fingerprint density at radius 3 is 1.88 bits per heavy atom. The first-order valence-corrected chi connectivity index (χ1v) is 5.56. The predicted molar refractivity (Wildman–Crippen MR) is 68.6 cm³/mol. The molecule has 0 N–H and O–H groups in total. The van der Waals surface area contributed by atoms with Gasteiger partial charge in [0.2, 0.25) is 0 Å². The summed E-state index contributed by atoms with van der Waals surface area (Å²) in [7, 11) is 3.94. The lowest BCUT2D eigenvalue weighted by Crippen LogP contribution is -2.21. The van der Waals surface area contributed by atoms with Gasteiger partial charge >= 0.3 is 0 Å². The Hall–Kier alpha value is -2.16. The number of azo groups is 1. The Kier molecular flexibility index (Phi) is 3.50. The highest BCUT2D eigenvalue weighted by molar-refractivity contribution is 5.35. The molecule has 0 saturated carbocycles. The van der Waals surface area contributed by atoms with Crippen LogP contribution in [0.3, 0.4) is 0 Å². The number of rotatable bonds is 3. The average Bonchev–Trinajstić information content (AvgIpc) is 2.38. The lowest BCUT2D eigenvalue weighted by molar-refractivity contribution is -0.663. The van der Waals surface area contributed by atoms with Crippen molar-refractivity contribution in [1.29, 1.82) is 0 Å². The molecule has 2 aromatic carbocycles. The molecule has 0 unspecified atom stereocenters. The molecule has 0 bridgehead atoms. The van der Waals surface area contributed by atoms with Crippen LogP contribution in [-0.2, 0) is 0 Å². The first-order valence-electron chi connectivity index (χ1n) is 5.56. The van der Waals surface area contributed by atoms with Crippen LogP contribution >= 0.6 is 0 Å². The second-order valence-electron chi connectivity index (χ2n) is 3.91. The van der Waals surface area contributed by atoms with Gasteiger partial charge in [0, 0.05) is 22.1 Å². The molecule has 0 atom stereocenters. The maximum absolute atomic E-state index is 4.59. The maximum atomic E-state index is 4.59. The smallest absolute Gasteiger partial charge is 0.162 e. The average molecular weight is 226 g/mol. The van der Waals surface area contributed by atoms with Gasteiger partial charge in [0.1, 0.15) is 5.69 Å². The van der Waals surface area contributed by atoms with Crippen molar-refractivity contribution in [3.05, 3.63) is 60.7 Å². The molecule has 0 aliphatic heterocycles. The molecule has 0 saturated heterocycles. The molecule has 3 heteroatoms. The first-order chi connectivity index (χ1) is 8.27. The molecule has 2 aromatic rings. The van der Waals surface area contributed by atoms with E-state index in [0.717, 1.165) is 11.4 Å². The van der Waals surface area contributed by atoms with Crippen molar-refractivity contribution in [1.82, 2.24) is 5.01 Å². The van der Waals surface area contributed by atoms with Crippen molar-refractivity contribution in [3.8, 4) is 0 Å². The fourth-order valence-electron chi connectivity index (χ4n) is 1.54. The van der Waals surface area contributed by atoms with Crippen molar-refractivity contribution < 1.29 is 4.81 Å². The molecule has 0 aliphatic carbocycles. The third-order valence-electron chi connectivity index (χ3n) is 2.33. The number of nitrogens with zero attached hydrogens (tertiary/aromatic N) is 3. The fraction of sp³-hybridized carbons (Fsp3) is 0.143. The van der Waals surface area contributed by atoms with Crippen molar-refractivity contribution in [2.75, 3.05) is 14.1 Å². The highest BCUT2D eigenvalue weighted by atomic mass is 15.6. The molecule has 86 valence electrons. The van der Waals surface area contributed by atoms with Crippen LogP contribution in [-0.4, -0.2) is 23.9 Å². The van der Waals surface area contributed by atoms with Gasteiger partial charge in [-0.3, -0.25) is 0 Å². The molecular formula is C14H16N3+. The van der Waals surface area contributed by atoms with Gasteiger partial charge in [-0.25, -0.2) is 0 Å². The monoisotopic (exact) mass is 226 g/mol. The quantitative estimate of drug-likeness (QED) is 0.444. The predicted octanol–water partition coefficient (Wildman–Crippen LogP) is 3.59. The van der Waals surface area contributed by atoms with E-state index < -0.39 is 0 Å². The number of benzene rings is 2. The summed E-state index contributed by atoms with van der Waals surface area (Å²) in [6.45, 7) is 0. The molecule has 2 rings (SSSR count). The second kappa shape index (κ2) is 5.25. The van der Waals surface area contributed by atoms with E-state index in [9.17, 15) is 0 Å². The zero-order valence-corrected chi connectivity index (χ0v) is 10.1. The Bertz CT molecular complexity index is 489. The Morgan fingerprint density at radius 1 is 0.824 bits per heavy atom. The minimum atomic E-state index is 0.935. The van der Waals surface area contributed by atoms with E-state index in [1.807, 2.05) is 84.6 Å². The molecule has 3 nitrogen and oxygen atoms in total. The van der Waals surface area contributed by atoms with Crippen LogP contribution in [0.25, 0.3) is 0 Å². The van der Waals surface area contributed by atoms with Crippen LogP contribution in [0.15, 0.2) is 65.8 Å². The van der Waals surface area contributed by atoms with Crippen LogP contribution in [0.2, 0.25) is 0 Å². The van der Waals surface area contributed by atoms with E-state index in [2.05, 4.69) is 5.11 Å². The highest BCUT2D eigenvalue weighted by Crippen LogP contribution is 2.17. The van der Waals surface area contributed by atoms with Gasteiger partial charge in [0.25, 0.3) is 5.69 Å². The number of hydrogen-bond donors (Lipinski definition) is 0. The normalized spacial score (nSPS) is 11.3. The van der Waals surface area contributed by atoms with Crippen molar-refractivity contribution in [2.45, 2.75) is 0 Å².